The minimum atomic E-state index is -0.524. The summed E-state index contributed by atoms with van der Waals surface area (Å²) < 4.78 is 11.6. The molecule has 35 heavy (non-hydrogen) atoms. The number of nitrogens with zero attached hydrogens (tertiary/aromatic N) is 1. The molecule has 2 aliphatic heterocycles. The topological polar surface area (TPSA) is 103 Å². The van der Waals surface area contributed by atoms with Crippen LogP contribution in [0.25, 0.3) is 0 Å². The smallest absolute Gasteiger partial charge is 0.242 e. The number of phenolic OH excluding ortho intramolecular Hbond substituents is 1. The maximum absolute atomic E-state index is 13.3. The highest BCUT2D eigenvalue weighted by atomic mass is 35.5. The third-order valence-electron chi connectivity index (χ3n) is 6.88. The standard InChI is InChI=1S/C26H34ClN3O5/c1-14(2)7-10-35-20-6-5-16(12-21(20)34-4)25-22-23(17-13-18(27)15(3)11-19(17)32)28-29-24(22)26(33)30(25)8-9-31/h5-6,11-14,22-25,28-29,31-32H,7-10H2,1-4H3. The van der Waals surface area contributed by atoms with Gasteiger partial charge >= 0.3 is 0 Å². The maximum Gasteiger partial charge on any atom is 0.242 e. The number of hydrazine groups is 1. The number of aliphatic hydroxyl groups is 1. The van der Waals surface area contributed by atoms with Gasteiger partial charge in [0.25, 0.3) is 0 Å². The number of nitrogens with one attached hydrogen (secondary N) is 2. The first-order valence-electron chi connectivity index (χ1n) is 12.0. The Labute approximate surface area is 211 Å². The zero-order valence-electron chi connectivity index (χ0n) is 20.5. The molecule has 4 rings (SSSR count). The van der Waals surface area contributed by atoms with Gasteiger partial charge in [0.2, 0.25) is 5.91 Å². The molecule has 4 atom stereocenters. The van der Waals surface area contributed by atoms with Crippen LogP contribution >= 0.6 is 11.6 Å². The van der Waals surface area contributed by atoms with E-state index in [0.29, 0.717) is 34.6 Å². The number of phenols is 1. The number of likely N-dealkylation sites (tertiary alicyclic amines) is 1. The van der Waals surface area contributed by atoms with E-state index in [1.807, 2.05) is 25.1 Å². The highest BCUT2D eigenvalue weighted by molar-refractivity contribution is 6.31. The Balaban J connectivity index is 1.72. The molecule has 0 bridgehead atoms. The van der Waals surface area contributed by atoms with Crippen molar-refractivity contribution in [1.29, 1.82) is 0 Å². The first-order chi connectivity index (χ1) is 16.8. The van der Waals surface area contributed by atoms with Crippen molar-refractivity contribution in [1.82, 2.24) is 15.8 Å². The van der Waals surface area contributed by atoms with Gasteiger partial charge in [-0.3, -0.25) is 4.79 Å². The lowest BCUT2D eigenvalue weighted by Gasteiger charge is -2.31. The van der Waals surface area contributed by atoms with Gasteiger partial charge in [-0.15, -0.1) is 0 Å². The largest absolute Gasteiger partial charge is 0.508 e. The lowest BCUT2D eigenvalue weighted by Crippen LogP contribution is -2.42. The van der Waals surface area contributed by atoms with Crippen molar-refractivity contribution >= 4 is 17.5 Å². The number of β-amino-alcohol motifs (C(OH)–C–C–N with tert-alkyl or cyclic N) is 1. The van der Waals surface area contributed by atoms with Crippen molar-refractivity contribution in [2.24, 2.45) is 11.8 Å². The molecule has 8 nitrogen and oxygen atoms in total. The quantitative estimate of drug-likeness (QED) is 0.415. The number of aromatic hydroxyl groups is 1. The summed E-state index contributed by atoms with van der Waals surface area (Å²) in [4.78, 5) is 15.0. The maximum atomic E-state index is 13.3. The van der Waals surface area contributed by atoms with Crippen LogP contribution in [-0.2, 0) is 4.79 Å². The van der Waals surface area contributed by atoms with Gasteiger partial charge in [-0.25, -0.2) is 10.9 Å². The first-order valence-corrected chi connectivity index (χ1v) is 12.4. The van der Waals surface area contributed by atoms with Crippen LogP contribution in [0, 0.1) is 18.8 Å². The molecule has 2 saturated heterocycles. The van der Waals surface area contributed by atoms with Crippen molar-refractivity contribution < 1.29 is 24.5 Å². The molecule has 0 aromatic heterocycles. The molecule has 2 heterocycles. The molecular formula is C26H34ClN3O5. The third kappa shape index (κ3) is 4.93. The van der Waals surface area contributed by atoms with Gasteiger partial charge in [0.05, 0.1) is 32.4 Å². The van der Waals surface area contributed by atoms with E-state index in [4.69, 9.17) is 21.1 Å². The Morgan fingerprint density at radius 3 is 2.57 bits per heavy atom. The number of aliphatic hydroxyl groups excluding tert-OH is 1. The minimum absolute atomic E-state index is 0.113. The number of methoxy groups -OCH3 is 1. The zero-order valence-corrected chi connectivity index (χ0v) is 21.3. The summed E-state index contributed by atoms with van der Waals surface area (Å²) in [6, 6.07) is 7.81. The van der Waals surface area contributed by atoms with Gasteiger partial charge in [-0.2, -0.15) is 0 Å². The van der Waals surface area contributed by atoms with Crippen molar-refractivity contribution in [3.8, 4) is 17.2 Å². The van der Waals surface area contributed by atoms with Gasteiger partial charge in [0.15, 0.2) is 11.5 Å². The predicted octanol–water partition coefficient (Wildman–Crippen LogP) is 3.50. The molecule has 0 saturated carbocycles. The Morgan fingerprint density at radius 2 is 1.89 bits per heavy atom. The van der Waals surface area contributed by atoms with E-state index in [1.54, 1.807) is 24.1 Å². The molecule has 9 heteroatoms. The van der Waals surface area contributed by atoms with Crippen LogP contribution in [0.15, 0.2) is 30.3 Å². The Hall–Kier alpha value is -2.52. The summed E-state index contributed by atoms with van der Waals surface area (Å²) in [7, 11) is 1.59. The molecule has 0 aliphatic carbocycles. The molecule has 2 aliphatic rings. The number of rotatable bonds is 9. The highest BCUT2D eigenvalue weighted by Crippen LogP contribution is 2.50. The molecule has 2 aromatic carbocycles. The zero-order chi connectivity index (χ0) is 25.3. The van der Waals surface area contributed by atoms with Crippen molar-refractivity contribution in [3.63, 3.8) is 0 Å². The SMILES string of the molecule is COc1cc(C2C3C(NNC3c3cc(Cl)c(C)cc3O)C(=O)N2CCO)ccc1OCCC(C)C. The molecule has 4 unspecified atom stereocenters. The lowest BCUT2D eigenvalue weighted by molar-refractivity contribution is -0.131. The van der Waals surface area contributed by atoms with Crippen LogP contribution < -0.4 is 20.3 Å². The second-order valence-electron chi connectivity index (χ2n) is 9.62. The number of halogens is 1. The molecule has 1 amide bonds. The average molecular weight is 504 g/mol. The van der Waals surface area contributed by atoms with Crippen molar-refractivity contribution in [2.75, 3.05) is 26.9 Å². The minimum Gasteiger partial charge on any atom is -0.508 e. The monoisotopic (exact) mass is 503 g/mol. The van der Waals surface area contributed by atoms with Gasteiger partial charge < -0.3 is 24.6 Å². The Bertz CT molecular complexity index is 1080. The molecule has 2 fully saturated rings. The number of ether oxygens (including phenoxy) is 2. The normalized spacial score (nSPS) is 23.7. The molecule has 2 aromatic rings. The number of hydrogen-bond donors (Lipinski definition) is 4. The van der Waals surface area contributed by atoms with E-state index >= 15 is 0 Å². The van der Waals surface area contributed by atoms with Crippen molar-refractivity contribution in [2.45, 2.75) is 45.3 Å². The Morgan fingerprint density at radius 1 is 1.14 bits per heavy atom. The highest BCUT2D eigenvalue weighted by Gasteiger charge is 2.55. The number of hydrogen-bond acceptors (Lipinski definition) is 7. The van der Waals surface area contributed by atoms with E-state index in [-0.39, 0.29) is 42.8 Å². The molecule has 4 N–H and O–H groups in total. The fourth-order valence-electron chi connectivity index (χ4n) is 5.05. The lowest BCUT2D eigenvalue weighted by atomic mass is 9.83. The van der Waals surface area contributed by atoms with E-state index in [0.717, 1.165) is 17.5 Å². The molecule has 0 spiro atoms. The van der Waals surface area contributed by atoms with Gasteiger partial charge in [-0.1, -0.05) is 31.5 Å². The molecular weight excluding hydrogens is 470 g/mol. The second-order valence-corrected chi connectivity index (χ2v) is 10.0. The summed E-state index contributed by atoms with van der Waals surface area (Å²) in [5.74, 6) is 1.50. The second kappa shape index (κ2) is 10.6. The van der Waals surface area contributed by atoms with Crippen LogP contribution in [0.4, 0.5) is 0 Å². The Kier molecular flexibility index (Phi) is 7.76. The number of carbonyl (C=O) groups is 1. The summed E-state index contributed by atoms with van der Waals surface area (Å²) in [6.07, 6.45) is 0.928. The van der Waals surface area contributed by atoms with Gasteiger partial charge in [0.1, 0.15) is 11.8 Å². The fraction of sp³-hybridized carbons (Fsp3) is 0.500. The molecule has 190 valence electrons. The van der Waals surface area contributed by atoms with E-state index in [2.05, 4.69) is 24.7 Å². The summed E-state index contributed by atoms with van der Waals surface area (Å²) in [5.41, 5.74) is 8.56. The van der Waals surface area contributed by atoms with E-state index in [1.165, 1.54) is 0 Å². The predicted molar refractivity (Wildman–Crippen MR) is 134 cm³/mol. The van der Waals surface area contributed by atoms with Crippen LogP contribution in [0.3, 0.4) is 0 Å². The van der Waals surface area contributed by atoms with Crippen LogP contribution in [0.2, 0.25) is 5.02 Å². The summed E-state index contributed by atoms with van der Waals surface area (Å²) in [5, 5.41) is 21.0. The summed E-state index contributed by atoms with van der Waals surface area (Å²) >= 11 is 6.39. The van der Waals surface area contributed by atoms with Gasteiger partial charge in [0, 0.05) is 23.0 Å². The van der Waals surface area contributed by atoms with Crippen LogP contribution in [0.1, 0.15) is 49.0 Å². The van der Waals surface area contributed by atoms with E-state index < -0.39 is 6.04 Å². The van der Waals surface area contributed by atoms with E-state index in [9.17, 15) is 15.0 Å². The first kappa shape index (κ1) is 25.6. The number of carbonyl (C=O) groups excluding carboxylic acids is 1. The fourth-order valence-corrected chi connectivity index (χ4v) is 5.22. The molecule has 0 radical (unpaired) electrons. The number of fused-ring (bicyclic) bond motifs is 1. The number of aryl methyl sites for hydroxylation is 1. The van der Waals surface area contributed by atoms with Crippen LogP contribution in [0.5, 0.6) is 17.2 Å². The third-order valence-corrected chi connectivity index (χ3v) is 7.29. The average Bonchev–Trinajstić information content (AvgIpc) is 3.36. The number of benzene rings is 2. The van der Waals surface area contributed by atoms with Crippen molar-refractivity contribution in [3.05, 3.63) is 52.0 Å². The number of amides is 1. The summed E-state index contributed by atoms with van der Waals surface area (Å²) in [6.45, 7) is 6.74. The van der Waals surface area contributed by atoms with Gasteiger partial charge in [-0.05, 0) is 54.7 Å². The van der Waals surface area contributed by atoms with Crippen LogP contribution in [-0.4, -0.2) is 53.9 Å².